The first-order valence-corrected chi connectivity index (χ1v) is 9.19. The molecule has 150 valence electrons. The zero-order valence-electron chi connectivity index (χ0n) is 14.4. The molecule has 0 heterocycles. The fourth-order valence-corrected chi connectivity index (χ4v) is 2.84. The standard InChI is InChI=1S/C17H15F3N2O5S/c1-21-28(25,26)14-4-2-3-11(9-14)16(24)27-10-15(23)22-13-7-5-12(6-8-13)17(18,19)20/h2-9,21H,10H2,1H3,(H,22,23). The molecule has 0 aliphatic rings. The summed E-state index contributed by atoms with van der Waals surface area (Å²) in [5.74, 6) is -1.71. The van der Waals surface area contributed by atoms with Crippen molar-refractivity contribution in [2.45, 2.75) is 11.1 Å². The van der Waals surface area contributed by atoms with Crippen LogP contribution in [0.3, 0.4) is 0 Å². The number of halogens is 3. The molecule has 7 nitrogen and oxygen atoms in total. The molecule has 2 rings (SSSR count). The Morgan fingerprint density at radius 3 is 2.29 bits per heavy atom. The summed E-state index contributed by atoms with van der Waals surface area (Å²) in [5.41, 5.74) is -0.858. The van der Waals surface area contributed by atoms with Crippen molar-refractivity contribution >= 4 is 27.6 Å². The average Bonchev–Trinajstić information content (AvgIpc) is 2.66. The van der Waals surface area contributed by atoms with E-state index < -0.39 is 40.2 Å². The second kappa shape index (κ2) is 8.40. The number of hydrogen-bond acceptors (Lipinski definition) is 5. The number of anilines is 1. The highest BCUT2D eigenvalue weighted by molar-refractivity contribution is 7.89. The minimum atomic E-state index is -4.49. The van der Waals surface area contributed by atoms with Gasteiger partial charge < -0.3 is 10.1 Å². The Morgan fingerprint density at radius 2 is 1.71 bits per heavy atom. The summed E-state index contributed by atoms with van der Waals surface area (Å²) in [7, 11) is -2.54. The van der Waals surface area contributed by atoms with E-state index in [2.05, 4.69) is 10.0 Å². The van der Waals surface area contributed by atoms with E-state index in [-0.39, 0.29) is 16.1 Å². The van der Waals surface area contributed by atoms with Crippen molar-refractivity contribution in [3.05, 3.63) is 59.7 Å². The Hall–Kier alpha value is -2.92. The fourth-order valence-electron chi connectivity index (χ4n) is 2.06. The summed E-state index contributed by atoms with van der Waals surface area (Å²) in [5, 5.41) is 2.28. The van der Waals surface area contributed by atoms with Gasteiger partial charge >= 0.3 is 12.1 Å². The van der Waals surface area contributed by atoms with Gasteiger partial charge in [-0.3, -0.25) is 4.79 Å². The molecule has 0 aliphatic carbocycles. The first-order chi connectivity index (χ1) is 13.0. The van der Waals surface area contributed by atoms with Gasteiger partial charge in [-0.25, -0.2) is 17.9 Å². The minimum Gasteiger partial charge on any atom is -0.452 e. The lowest BCUT2D eigenvalue weighted by Crippen LogP contribution is -2.22. The van der Waals surface area contributed by atoms with Crippen LogP contribution in [-0.4, -0.2) is 33.9 Å². The highest BCUT2D eigenvalue weighted by Crippen LogP contribution is 2.29. The number of amides is 1. The molecule has 0 saturated carbocycles. The van der Waals surface area contributed by atoms with E-state index in [9.17, 15) is 31.2 Å². The Labute approximate surface area is 158 Å². The number of hydrogen-bond donors (Lipinski definition) is 2. The molecule has 0 bridgehead atoms. The van der Waals surface area contributed by atoms with Gasteiger partial charge in [-0.05, 0) is 49.5 Å². The summed E-state index contributed by atoms with van der Waals surface area (Å²) in [4.78, 5) is 23.6. The SMILES string of the molecule is CNS(=O)(=O)c1cccc(C(=O)OCC(=O)Nc2ccc(C(F)(F)F)cc2)c1. The summed E-state index contributed by atoms with van der Waals surface area (Å²) >= 11 is 0. The Kier molecular flexibility index (Phi) is 6.41. The molecule has 2 N–H and O–H groups in total. The second-order valence-electron chi connectivity index (χ2n) is 5.43. The lowest BCUT2D eigenvalue weighted by molar-refractivity contribution is -0.137. The molecular weight excluding hydrogens is 401 g/mol. The molecule has 0 unspecified atom stereocenters. The van der Waals surface area contributed by atoms with Crippen molar-refractivity contribution in [3.63, 3.8) is 0 Å². The number of carbonyl (C=O) groups excluding carboxylic acids is 2. The summed E-state index contributed by atoms with van der Waals surface area (Å²) in [6.45, 7) is -0.705. The van der Waals surface area contributed by atoms with E-state index in [0.717, 1.165) is 30.3 Å². The number of sulfonamides is 1. The van der Waals surface area contributed by atoms with Crippen molar-refractivity contribution in [2.75, 3.05) is 19.0 Å². The van der Waals surface area contributed by atoms with E-state index in [1.165, 1.54) is 25.2 Å². The van der Waals surface area contributed by atoms with E-state index in [0.29, 0.717) is 0 Å². The van der Waals surface area contributed by atoms with E-state index >= 15 is 0 Å². The van der Waals surface area contributed by atoms with Crippen molar-refractivity contribution in [1.82, 2.24) is 4.72 Å². The number of alkyl halides is 3. The van der Waals surface area contributed by atoms with Gasteiger partial charge in [0.2, 0.25) is 10.0 Å². The van der Waals surface area contributed by atoms with Crippen LogP contribution in [0.4, 0.5) is 18.9 Å². The molecule has 2 aromatic rings. The van der Waals surface area contributed by atoms with Crippen LogP contribution >= 0.6 is 0 Å². The van der Waals surface area contributed by atoms with Gasteiger partial charge in [0.05, 0.1) is 16.0 Å². The van der Waals surface area contributed by atoms with Crippen LogP contribution in [0.2, 0.25) is 0 Å². The quantitative estimate of drug-likeness (QED) is 0.705. The van der Waals surface area contributed by atoms with Crippen LogP contribution in [0.25, 0.3) is 0 Å². The third kappa shape index (κ3) is 5.54. The van der Waals surface area contributed by atoms with E-state index in [1.807, 2.05) is 0 Å². The predicted octanol–water partition coefficient (Wildman–Crippen LogP) is 2.41. The second-order valence-corrected chi connectivity index (χ2v) is 7.32. The number of rotatable bonds is 6. The largest absolute Gasteiger partial charge is 0.452 e. The molecule has 0 saturated heterocycles. The van der Waals surface area contributed by atoms with Crippen molar-refractivity contribution < 1.29 is 35.9 Å². The number of ether oxygens (including phenoxy) is 1. The molecule has 2 aromatic carbocycles. The lowest BCUT2D eigenvalue weighted by atomic mass is 10.2. The Bertz CT molecular complexity index is 973. The molecule has 1 amide bonds. The normalized spacial score (nSPS) is 11.7. The van der Waals surface area contributed by atoms with E-state index in [4.69, 9.17) is 4.74 Å². The monoisotopic (exact) mass is 416 g/mol. The molecule has 11 heteroatoms. The van der Waals surface area contributed by atoms with Gasteiger partial charge in [0.15, 0.2) is 6.61 Å². The van der Waals surface area contributed by atoms with Crippen LogP contribution < -0.4 is 10.0 Å². The van der Waals surface area contributed by atoms with Crippen molar-refractivity contribution in [3.8, 4) is 0 Å². The fraction of sp³-hybridized carbons (Fsp3) is 0.176. The third-order valence-electron chi connectivity index (χ3n) is 3.48. The summed E-state index contributed by atoms with van der Waals surface area (Å²) in [6.07, 6.45) is -4.49. The molecule has 0 spiro atoms. The topological polar surface area (TPSA) is 102 Å². The van der Waals surface area contributed by atoms with Crippen molar-refractivity contribution in [1.29, 1.82) is 0 Å². The molecule has 0 aliphatic heterocycles. The zero-order valence-corrected chi connectivity index (χ0v) is 15.2. The lowest BCUT2D eigenvalue weighted by Gasteiger charge is -2.09. The maximum absolute atomic E-state index is 12.5. The number of nitrogens with one attached hydrogen (secondary N) is 2. The smallest absolute Gasteiger partial charge is 0.416 e. The van der Waals surface area contributed by atoms with Gasteiger partial charge in [0.25, 0.3) is 5.91 Å². The molecule has 0 atom stereocenters. The molecule has 0 radical (unpaired) electrons. The molecule has 0 aromatic heterocycles. The van der Waals surface area contributed by atoms with Gasteiger partial charge in [0, 0.05) is 5.69 Å². The highest BCUT2D eigenvalue weighted by Gasteiger charge is 2.30. The van der Waals surface area contributed by atoms with Crippen LogP contribution in [0, 0.1) is 0 Å². The van der Waals surface area contributed by atoms with Gasteiger partial charge in [-0.1, -0.05) is 6.07 Å². The van der Waals surface area contributed by atoms with Crippen LogP contribution in [0.15, 0.2) is 53.4 Å². The average molecular weight is 416 g/mol. The van der Waals surface area contributed by atoms with Crippen LogP contribution in [0.1, 0.15) is 15.9 Å². The number of esters is 1. The minimum absolute atomic E-state index is 0.0846. The van der Waals surface area contributed by atoms with Crippen molar-refractivity contribution in [2.24, 2.45) is 0 Å². The highest BCUT2D eigenvalue weighted by atomic mass is 32.2. The number of carbonyl (C=O) groups is 2. The first kappa shape index (κ1) is 21.4. The molecule has 28 heavy (non-hydrogen) atoms. The predicted molar refractivity (Wildman–Crippen MR) is 93.0 cm³/mol. The Balaban J connectivity index is 1.96. The Morgan fingerprint density at radius 1 is 1.07 bits per heavy atom. The molecular formula is C17H15F3N2O5S. The van der Waals surface area contributed by atoms with Crippen LogP contribution in [-0.2, 0) is 25.7 Å². The maximum Gasteiger partial charge on any atom is 0.416 e. The first-order valence-electron chi connectivity index (χ1n) is 7.71. The number of benzene rings is 2. The van der Waals surface area contributed by atoms with E-state index in [1.54, 1.807) is 0 Å². The van der Waals surface area contributed by atoms with Gasteiger partial charge in [0.1, 0.15) is 0 Å². The van der Waals surface area contributed by atoms with Crippen LogP contribution in [0.5, 0.6) is 0 Å². The molecule has 0 fully saturated rings. The van der Waals surface area contributed by atoms with Gasteiger partial charge in [-0.2, -0.15) is 13.2 Å². The summed E-state index contributed by atoms with van der Waals surface area (Å²) < 4.78 is 67.8. The zero-order chi connectivity index (χ0) is 20.9. The summed E-state index contributed by atoms with van der Waals surface area (Å²) in [6, 6.07) is 8.74. The van der Waals surface area contributed by atoms with Gasteiger partial charge in [-0.15, -0.1) is 0 Å². The maximum atomic E-state index is 12.5. The third-order valence-corrected chi connectivity index (χ3v) is 4.89.